The van der Waals surface area contributed by atoms with Crippen molar-refractivity contribution in [2.45, 2.75) is 26.7 Å². The normalized spacial score (nSPS) is 10.0. The summed E-state index contributed by atoms with van der Waals surface area (Å²) < 4.78 is 0. The van der Waals surface area contributed by atoms with E-state index in [-0.39, 0.29) is 0 Å². The highest BCUT2D eigenvalue weighted by atomic mass is 14.7. The van der Waals surface area contributed by atoms with Crippen molar-refractivity contribution in [1.82, 2.24) is 4.98 Å². The van der Waals surface area contributed by atoms with E-state index in [1.807, 2.05) is 6.92 Å². The van der Waals surface area contributed by atoms with Crippen LogP contribution in [0.5, 0.6) is 0 Å². The Labute approximate surface area is 90.5 Å². The summed E-state index contributed by atoms with van der Waals surface area (Å²) in [7, 11) is 0. The molecule has 1 nitrogen and oxygen atoms in total. The van der Waals surface area contributed by atoms with E-state index in [2.05, 4.69) is 48.1 Å². The number of aromatic amines is 1. The lowest BCUT2D eigenvalue weighted by Crippen LogP contribution is -1.81. The lowest BCUT2D eigenvalue weighted by molar-refractivity contribution is 1.04. The molecule has 1 aromatic carbocycles. The van der Waals surface area contributed by atoms with Crippen LogP contribution in [-0.2, 0) is 6.42 Å². The van der Waals surface area contributed by atoms with Crippen LogP contribution in [0.25, 0.3) is 10.9 Å². The van der Waals surface area contributed by atoms with Gasteiger partial charge in [-0.05, 0) is 38.0 Å². The van der Waals surface area contributed by atoms with Gasteiger partial charge < -0.3 is 4.98 Å². The van der Waals surface area contributed by atoms with E-state index in [0.29, 0.717) is 0 Å². The summed E-state index contributed by atoms with van der Waals surface area (Å²) in [5.74, 6) is 6.03. The third kappa shape index (κ3) is 2.05. The molecule has 0 saturated heterocycles. The summed E-state index contributed by atoms with van der Waals surface area (Å²) in [4.78, 5) is 3.29. The van der Waals surface area contributed by atoms with Gasteiger partial charge in [-0.1, -0.05) is 11.6 Å². The quantitative estimate of drug-likeness (QED) is 0.710. The summed E-state index contributed by atoms with van der Waals surface area (Å²) in [5, 5.41) is 1.34. The van der Waals surface area contributed by atoms with Crippen LogP contribution in [0.15, 0.2) is 24.4 Å². The smallest absolute Gasteiger partial charge is 0.0456 e. The van der Waals surface area contributed by atoms with Crippen molar-refractivity contribution in [3.8, 4) is 11.8 Å². The third-order valence-corrected chi connectivity index (χ3v) is 2.62. The van der Waals surface area contributed by atoms with E-state index in [1.54, 1.807) is 0 Å². The molecule has 0 bridgehead atoms. The second-order valence-electron chi connectivity index (χ2n) is 3.79. The maximum absolute atomic E-state index is 3.29. The molecule has 0 amide bonds. The molecule has 0 aliphatic rings. The number of benzene rings is 1. The molecular weight excluding hydrogens is 182 g/mol. The molecule has 1 aromatic heterocycles. The Bertz CT molecular complexity index is 523. The summed E-state index contributed by atoms with van der Waals surface area (Å²) in [5.41, 5.74) is 3.90. The fraction of sp³-hybridized carbons (Fsp3) is 0.286. The molecule has 0 aliphatic heterocycles. The number of nitrogens with one attached hydrogen (secondary N) is 1. The van der Waals surface area contributed by atoms with Crippen molar-refractivity contribution in [3.05, 3.63) is 35.5 Å². The maximum Gasteiger partial charge on any atom is 0.0456 e. The van der Waals surface area contributed by atoms with Crippen molar-refractivity contribution < 1.29 is 0 Å². The van der Waals surface area contributed by atoms with Crippen molar-refractivity contribution in [2.75, 3.05) is 0 Å². The molecule has 0 fully saturated rings. The molecule has 0 radical (unpaired) electrons. The Morgan fingerprint density at radius 3 is 3.00 bits per heavy atom. The molecule has 0 saturated carbocycles. The maximum atomic E-state index is 3.29. The number of hydrogen-bond acceptors (Lipinski definition) is 0. The molecule has 2 rings (SSSR count). The van der Waals surface area contributed by atoms with Gasteiger partial charge in [0, 0.05) is 23.5 Å². The van der Waals surface area contributed by atoms with Gasteiger partial charge in [-0.2, -0.15) is 0 Å². The standard InChI is InChI=1S/C14H15N/c1-3-4-5-6-12-10-15-14-8-7-11(2)9-13(12)14/h7-10,15H,5-6H2,1-2H3. The zero-order valence-electron chi connectivity index (χ0n) is 9.22. The molecular formula is C14H15N. The molecule has 0 unspecified atom stereocenters. The largest absolute Gasteiger partial charge is 0.361 e. The van der Waals surface area contributed by atoms with Crippen LogP contribution in [0.3, 0.4) is 0 Å². The molecule has 1 heterocycles. The van der Waals surface area contributed by atoms with Gasteiger partial charge in [0.2, 0.25) is 0 Å². The van der Waals surface area contributed by atoms with Crippen LogP contribution in [0.2, 0.25) is 0 Å². The number of rotatable bonds is 2. The van der Waals surface area contributed by atoms with Gasteiger partial charge in [0.25, 0.3) is 0 Å². The number of hydrogen-bond donors (Lipinski definition) is 1. The molecule has 0 spiro atoms. The van der Waals surface area contributed by atoms with Crippen LogP contribution >= 0.6 is 0 Å². The van der Waals surface area contributed by atoms with E-state index in [9.17, 15) is 0 Å². The van der Waals surface area contributed by atoms with Crippen LogP contribution < -0.4 is 0 Å². The lowest BCUT2D eigenvalue weighted by atomic mass is 10.1. The number of aryl methyl sites for hydroxylation is 2. The predicted molar refractivity (Wildman–Crippen MR) is 64.8 cm³/mol. The molecule has 15 heavy (non-hydrogen) atoms. The summed E-state index contributed by atoms with van der Waals surface area (Å²) in [6, 6.07) is 6.51. The summed E-state index contributed by atoms with van der Waals surface area (Å²) in [6.45, 7) is 4.02. The minimum atomic E-state index is 0.942. The van der Waals surface area contributed by atoms with E-state index in [1.165, 1.54) is 22.0 Å². The van der Waals surface area contributed by atoms with Crippen LogP contribution in [-0.4, -0.2) is 4.98 Å². The molecule has 1 N–H and O–H groups in total. The van der Waals surface area contributed by atoms with Gasteiger partial charge >= 0.3 is 0 Å². The average Bonchev–Trinajstić information content (AvgIpc) is 2.62. The first kappa shape index (κ1) is 9.86. The number of fused-ring (bicyclic) bond motifs is 1. The molecule has 0 atom stereocenters. The highest BCUT2D eigenvalue weighted by Gasteiger charge is 2.02. The molecule has 76 valence electrons. The van der Waals surface area contributed by atoms with E-state index < -0.39 is 0 Å². The van der Waals surface area contributed by atoms with E-state index >= 15 is 0 Å². The fourth-order valence-corrected chi connectivity index (χ4v) is 1.82. The minimum absolute atomic E-state index is 0.942. The second-order valence-corrected chi connectivity index (χ2v) is 3.79. The topological polar surface area (TPSA) is 15.8 Å². The van der Waals surface area contributed by atoms with Crippen molar-refractivity contribution in [3.63, 3.8) is 0 Å². The van der Waals surface area contributed by atoms with Gasteiger partial charge in [-0.3, -0.25) is 0 Å². The summed E-state index contributed by atoms with van der Waals surface area (Å²) >= 11 is 0. The predicted octanol–water partition coefficient (Wildman–Crippen LogP) is 3.43. The zero-order valence-corrected chi connectivity index (χ0v) is 9.22. The minimum Gasteiger partial charge on any atom is -0.361 e. The first-order chi connectivity index (χ1) is 7.31. The van der Waals surface area contributed by atoms with Crippen LogP contribution in [0.1, 0.15) is 24.5 Å². The third-order valence-electron chi connectivity index (χ3n) is 2.62. The van der Waals surface area contributed by atoms with Crippen molar-refractivity contribution >= 4 is 10.9 Å². The molecule has 2 aromatic rings. The van der Waals surface area contributed by atoms with E-state index in [4.69, 9.17) is 0 Å². The van der Waals surface area contributed by atoms with Crippen molar-refractivity contribution in [1.29, 1.82) is 0 Å². The Morgan fingerprint density at radius 1 is 1.33 bits per heavy atom. The van der Waals surface area contributed by atoms with Gasteiger partial charge in [0.1, 0.15) is 0 Å². The Balaban J connectivity index is 2.33. The SMILES string of the molecule is CC#CCCc1c[nH]c2ccc(C)cc12. The Kier molecular flexibility index (Phi) is 2.78. The monoisotopic (exact) mass is 197 g/mol. The highest BCUT2D eigenvalue weighted by Crippen LogP contribution is 2.20. The average molecular weight is 197 g/mol. The molecule has 1 heteroatoms. The zero-order chi connectivity index (χ0) is 10.7. The van der Waals surface area contributed by atoms with Crippen molar-refractivity contribution in [2.24, 2.45) is 0 Å². The highest BCUT2D eigenvalue weighted by molar-refractivity contribution is 5.83. The Hall–Kier alpha value is -1.68. The lowest BCUT2D eigenvalue weighted by Gasteiger charge is -1.96. The second kappa shape index (κ2) is 4.23. The van der Waals surface area contributed by atoms with Gasteiger partial charge in [-0.15, -0.1) is 11.8 Å². The van der Waals surface area contributed by atoms with Crippen LogP contribution in [0, 0.1) is 18.8 Å². The van der Waals surface area contributed by atoms with Gasteiger partial charge in [0.15, 0.2) is 0 Å². The van der Waals surface area contributed by atoms with E-state index in [0.717, 1.165) is 12.8 Å². The number of H-pyrrole nitrogens is 1. The Morgan fingerprint density at radius 2 is 2.20 bits per heavy atom. The molecule has 0 aliphatic carbocycles. The van der Waals surface area contributed by atoms with Crippen LogP contribution in [0.4, 0.5) is 0 Å². The summed E-state index contributed by atoms with van der Waals surface area (Å²) in [6.07, 6.45) is 4.07. The van der Waals surface area contributed by atoms with Gasteiger partial charge in [0.05, 0.1) is 0 Å². The first-order valence-electron chi connectivity index (χ1n) is 5.27. The van der Waals surface area contributed by atoms with Gasteiger partial charge in [-0.25, -0.2) is 0 Å². The number of aromatic nitrogens is 1. The fourth-order valence-electron chi connectivity index (χ4n) is 1.82. The first-order valence-corrected chi connectivity index (χ1v) is 5.27.